The van der Waals surface area contributed by atoms with E-state index in [2.05, 4.69) is 9.97 Å². The summed E-state index contributed by atoms with van der Waals surface area (Å²) in [5, 5.41) is 0. The van der Waals surface area contributed by atoms with Crippen LogP contribution in [0.25, 0.3) is 0 Å². The van der Waals surface area contributed by atoms with E-state index >= 15 is 0 Å². The molecule has 0 spiro atoms. The predicted octanol–water partition coefficient (Wildman–Crippen LogP) is -0.0613. The molecule has 4 N–H and O–H groups in total. The summed E-state index contributed by atoms with van der Waals surface area (Å²) >= 11 is 0. The number of nitrogens with two attached hydrogens (primary N) is 2. The molecule has 1 heterocycles. The van der Waals surface area contributed by atoms with Crippen molar-refractivity contribution in [2.75, 3.05) is 5.73 Å². The Morgan fingerprint density at radius 3 is 2.64 bits per heavy atom. The van der Waals surface area contributed by atoms with E-state index < -0.39 is 0 Å². The van der Waals surface area contributed by atoms with Crippen molar-refractivity contribution in [1.29, 1.82) is 0 Å². The quantitative estimate of drug-likeness (QED) is 0.622. The molecule has 5 heteroatoms. The summed E-state index contributed by atoms with van der Waals surface area (Å²) in [7, 11) is 0. The van der Waals surface area contributed by atoms with Gasteiger partial charge in [-0.2, -0.15) is 13.5 Å². The molecule has 0 aliphatic carbocycles. The third-order valence-electron chi connectivity index (χ3n) is 1.24. The summed E-state index contributed by atoms with van der Waals surface area (Å²) in [4.78, 5) is 7.87. The average molecular weight is 172 g/mol. The van der Waals surface area contributed by atoms with E-state index in [0.717, 1.165) is 5.56 Å². The van der Waals surface area contributed by atoms with Crippen LogP contribution in [0.2, 0.25) is 0 Å². The van der Waals surface area contributed by atoms with Crippen LogP contribution in [0, 0.1) is 6.92 Å². The van der Waals surface area contributed by atoms with Crippen LogP contribution in [0.4, 0.5) is 5.82 Å². The summed E-state index contributed by atoms with van der Waals surface area (Å²) in [6.45, 7) is 2.18. The molecule has 0 radical (unpaired) electrons. The average Bonchev–Trinajstić information content (AvgIpc) is 1.88. The Kier molecular flexibility index (Phi) is 3.84. The van der Waals surface area contributed by atoms with Gasteiger partial charge >= 0.3 is 0 Å². The van der Waals surface area contributed by atoms with E-state index in [4.69, 9.17) is 11.5 Å². The highest BCUT2D eigenvalue weighted by molar-refractivity contribution is 7.59. The van der Waals surface area contributed by atoms with Crippen molar-refractivity contribution >= 4 is 19.3 Å². The Hall–Kier alpha value is -0.810. The number of hydrogen-bond donors (Lipinski definition) is 2. The zero-order chi connectivity index (χ0) is 7.56. The summed E-state index contributed by atoms with van der Waals surface area (Å²) in [6, 6.07) is 0. The Balaban J connectivity index is 0.000001000. The second-order valence-corrected chi connectivity index (χ2v) is 2.03. The SMILES string of the molecule is Cc1ncc(CN)c(N)n1.S. The lowest BCUT2D eigenvalue weighted by molar-refractivity contribution is 0.979. The molecule has 0 amide bonds. The maximum atomic E-state index is 5.50. The number of nitrogen functional groups attached to an aromatic ring is 1. The van der Waals surface area contributed by atoms with Gasteiger partial charge in [0.15, 0.2) is 0 Å². The molecule has 0 aliphatic heterocycles. The van der Waals surface area contributed by atoms with E-state index in [-0.39, 0.29) is 13.5 Å². The maximum Gasteiger partial charge on any atom is 0.131 e. The minimum Gasteiger partial charge on any atom is -0.383 e. The van der Waals surface area contributed by atoms with Crippen LogP contribution in [-0.2, 0) is 6.54 Å². The van der Waals surface area contributed by atoms with Crippen molar-refractivity contribution in [3.63, 3.8) is 0 Å². The Morgan fingerprint density at radius 2 is 2.18 bits per heavy atom. The third-order valence-corrected chi connectivity index (χ3v) is 1.24. The number of nitrogens with zero attached hydrogens (tertiary/aromatic N) is 2. The Morgan fingerprint density at radius 1 is 1.55 bits per heavy atom. The molecule has 62 valence electrons. The van der Waals surface area contributed by atoms with Crippen molar-refractivity contribution in [3.05, 3.63) is 17.6 Å². The Labute approximate surface area is 72.5 Å². The van der Waals surface area contributed by atoms with Gasteiger partial charge in [-0.1, -0.05) is 0 Å². The highest BCUT2D eigenvalue weighted by Crippen LogP contribution is 2.04. The fourth-order valence-corrected chi connectivity index (χ4v) is 0.670. The molecule has 4 nitrogen and oxygen atoms in total. The van der Waals surface area contributed by atoms with Gasteiger partial charge in [0.25, 0.3) is 0 Å². The number of anilines is 1. The highest BCUT2D eigenvalue weighted by atomic mass is 32.1. The molecule has 0 aliphatic rings. The first-order valence-electron chi connectivity index (χ1n) is 3.02. The van der Waals surface area contributed by atoms with Crippen LogP contribution < -0.4 is 11.5 Å². The normalized spacial score (nSPS) is 8.91. The zero-order valence-corrected chi connectivity index (χ0v) is 7.33. The molecule has 1 aromatic heterocycles. The molecule has 0 saturated heterocycles. The van der Waals surface area contributed by atoms with Gasteiger partial charge in [-0.25, -0.2) is 9.97 Å². The van der Waals surface area contributed by atoms with Gasteiger partial charge in [-0.3, -0.25) is 0 Å². The van der Waals surface area contributed by atoms with Crippen LogP contribution in [0.5, 0.6) is 0 Å². The smallest absolute Gasteiger partial charge is 0.131 e. The second-order valence-electron chi connectivity index (χ2n) is 2.03. The molecule has 0 aromatic carbocycles. The van der Waals surface area contributed by atoms with Gasteiger partial charge in [0, 0.05) is 18.3 Å². The van der Waals surface area contributed by atoms with Crippen LogP contribution >= 0.6 is 13.5 Å². The number of rotatable bonds is 1. The van der Waals surface area contributed by atoms with Gasteiger partial charge in [0.05, 0.1) is 0 Å². The first-order valence-corrected chi connectivity index (χ1v) is 3.02. The van der Waals surface area contributed by atoms with Crippen molar-refractivity contribution in [2.24, 2.45) is 5.73 Å². The van der Waals surface area contributed by atoms with Crippen molar-refractivity contribution in [1.82, 2.24) is 9.97 Å². The van der Waals surface area contributed by atoms with Crippen LogP contribution in [0.1, 0.15) is 11.4 Å². The van der Waals surface area contributed by atoms with Crippen LogP contribution in [-0.4, -0.2) is 9.97 Å². The first-order chi connectivity index (χ1) is 4.74. The summed E-state index contributed by atoms with van der Waals surface area (Å²) in [6.07, 6.45) is 1.65. The van der Waals surface area contributed by atoms with Crippen molar-refractivity contribution in [2.45, 2.75) is 13.5 Å². The van der Waals surface area contributed by atoms with E-state index in [1.54, 1.807) is 13.1 Å². The van der Waals surface area contributed by atoms with Gasteiger partial charge < -0.3 is 11.5 Å². The van der Waals surface area contributed by atoms with E-state index in [1.807, 2.05) is 0 Å². The lowest BCUT2D eigenvalue weighted by Crippen LogP contribution is -2.05. The number of aryl methyl sites for hydroxylation is 1. The predicted molar refractivity (Wildman–Crippen MR) is 49.5 cm³/mol. The van der Waals surface area contributed by atoms with Gasteiger partial charge in [0.2, 0.25) is 0 Å². The molecule has 0 fully saturated rings. The second kappa shape index (κ2) is 4.15. The van der Waals surface area contributed by atoms with Crippen LogP contribution in [0.3, 0.4) is 0 Å². The van der Waals surface area contributed by atoms with Crippen molar-refractivity contribution in [3.8, 4) is 0 Å². The monoisotopic (exact) mass is 172 g/mol. The van der Waals surface area contributed by atoms with Gasteiger partial charge in [-0.05, 0) is 6.92 Å². The molecular weight excluding hydrogens is 160 g/mol. The molecule has 1 aromatic rings. The fraction of sp³-hybridized carbons (Fsp3) is 0.333. The lowest BCUT2D eigenvalue weighted by atomic mass is 10.3. The molecule has 0 saturated carbocycles. The summed E-state index contributed by atoms with van der Waals surface area (Å²) in [5.41, 5.74) is 11.6. The third kappa shape index (κ3) is 2.36. The largest absolute Gasteiger partial charge is 0.383 e. The molecular formula is C6H12N4S. The topological polar surface area (TPSA) is 77.8 Å². The maximum absolute atomic E-state index is 5.50. The van der Waals surface area contributed by atoms with Crippen LogP contribution in [0.15, 0.2) is 6.20 Å². The standard InChI is InChI=1S/C6H10N4.H2S/c1-4-9-3-5(2-7)6(8)10-4;/h3H,2,7H2,1H3,(H2,8,9,10);1H2. The van der Waals surface area contributed by atoms with Gasteiger partial charge in [0.1, 0.15) is 11.6 Å². The van der Waals surface area contributed by atoms with Crippen molar-refractivity contribution < 1.29 is 0 Å². The summed E-state index contributed by atoms with van der Waals surface area (Å²) in [5.74, 6) is 1.16. The molecule has 0 atom stereocenters. The number of aromatic nitrogens is 2. The minimum atomic E-state index is 0. The molecule has 1 rings (SSSR count). The van der Waals surface area contributed by atoms with E-state index in [1.165, 1.54) is 0 Å². The molecule has 0 bridgehead atoms. The fourth-order valence-electron chi connectivity index (χ4n) is 0.670. The first kappa shape index (κ1) is 10.2. The molecule has 0 unspecified atom stereocenters. The number of hydrogen-bond acceptors (Lipinski definition) is 4. The van der Waals surface area contributed by atoms with E-state index in [0.29, 0.717) is 18.2 Å². The molecule has 11 heavy (non-hydrogen) atoms. The highest BCUT2D eigenvalue weighted by Gasteiger charge is 1.97. The zero-order valence-electron chi connectivity index (χ0n) is 6.33. The minimum absolute atomic E-state index is 0. The van der Waals surface area contributed by atoms with Gasteiger partial charge in [-0.15, -0.1) is 0 Å². The van der Waals surface area contributed by atoms with E-state index in [9.17, 15) is 0 Å². The lowest BCUT2D eigenvalue weighted by Gasteiger charge is -1.99. The summed E-state index contributed by atoms with van der Waals surface area (Å²) < 4.78 is 0. The Bertz CT molecular complexity index is 238.